The molecule has 0 fully saturated rings. The van der Waals surface area contributed by atoms with Crippen molar-refractivity contribution in [2.24, 2.45) is 4.99 Å². The van der Waals surface area contributed by atoms with Crippen molar-refractivity contribution in [1.82, 2.24) is 0 Å². The molecular formula is C12H11N. The molecule has 0 saturated carbocycles. The molecule has 0 amide bonds. The minimum atomic E-state index is 0.965. The lowest BCUT2D eigenvalue weighted by Gasteiger charge is -1.96. The van der Waals surface area contributed by atoms with Crippen molar-refractivity contribution in [2.75, 3.05) is 0 Å². The smallest absolute Gasteiger partial charge is 0.0445 e. The topological polar surface area (TPSA) is 12.4 Å². The molecular weight excluding hydrogens is 158 g/mol. The van der Waals surface area contributed by atoms with E-state index in [1.165, 1.54) is 0 Å². The highest BCUT2D eigenvalue weighted by molar-refractivity contribution is 5.98. The molecule has 1 heteroatoms. The first-order valence-corrected chi connectivity index (χ1v) is 4.05. The van der Waals surface area contributed by atoms with Gasteiger partial charge in [0.05, 0.1) is 0 Å². The Morgan fingerprint density at radius 2 is 2.08 bits per heavy atom. The van der Waals surface area contributed by atoms with Gasteiger partial charge < -0.3 is 0 Å². The third kappa shape index (κ3) is 2.96. The Morgan fingerprint density at radius 3 is 2.69 bits per heavy atom. The minimum absolute atomic E-state index is 0.965. The van der Waals surface area contributed by atoms with Gasteiger partial charge in [-0.05, 0) is 12.5 Å². The van der Waals surface area contributed by atoms with Gasteiger partial charge in [0.2, 0.25) is 0 Å². The highest BCUT2D eigenvalue weighted by Crippen LogP contribution is 2.00. The summed E-state index contributed by atoms with van der Waals surface area (Å²) in [5.74, 6) is 2.39. The lowest BCUT2D eigenvalue weighted by molar-refractivity contribution is 1.50. The Hall–Kier alpha value is -1.81. The Balaban J connectivity index is 2.81. The van der Waals surface area contributed by atoms with Gasteiger partial charge in [0.25, 0.3) is 0 Å². The number of hydrogen-bond donors (Lipinski definition) is 0. The minimum Gasteiger partial charge on any atom is -0.260 e. The van der Waals surface area contributed by atoms with Gasteiger partial charge in [-0.2, -0.15) is 0 Å². The summed E-state index contributed by atoms with van der Waals surface area (Å²) < 4.78 is 0. The molecule has 0 aromatic heterocycles. The first kappa shape index (κ1) is 9.28. The second-order valence-electron chi connectivity index (χ2n) is 2.56. The second kappa shape index (κ2) is 4.95. The molecule has 1 nitrogen and oxygen atoms in total. The average molecular weight is 169 g/mol. The zero-order valence-electron chi connectivity index (χ0n) is 7.57. The molecule has 0 aliphatic carbocycles. The van der Waals surface area contributed by atoms with Crippen molar-refractivity contribution in [1.29, 1.82) is 0 Å². The molecule has 64 valence electrons. The molecule has 0 spiro atoms. The van der Waals surface area contributed by atoms with Crippen molar-refractivity contribution < 1.29 is 0 Å². The van der Waals surface area contributed by atoms with E-state index >= 15 is 0 Å². The molecule has 0 aliphatic heterocycles. The summed E-state index contributed by atoms with van der Waals surface area (Å²) in [4.78, 5) is 4.18. The lowest BCUT2D eigenvalue weighted by atomic mass is 10.1. The van der Waals surface area contributed by atoms with E-state index in [-0.39, 0.29) is 0 Å². The lowest BCUT2D eigenvalue weighted by Crippen LogP contribution is -1.91. The number of hydrogen-bond acceptors (Lipinski definition) is 1. The quantitative estimate of drug-likeness (QED) is 0.476. The van der Waals surface area contributed by atoms with E-state index in [2.05, 4.69) is 10.9 Å². The maximum absolute atomic E-state index is 5.05. The third-order valence-electron chi connectivity index (χ3n) is 1.63. The maximum atomic E-state index is 5.05. The van der Waals surface area contributed by atoms with Crippen LogP contribution in [0.1, 0.15) is 12.5 Å². The van der Waals surface area contributed by atoms with Crippen LogP contribution in [-0.2, 0) is 0 Å². The van der Waals surface area contributed by atoms with Gasteiger partial charge in [-0.15, -0.1) is 6.42 Å². The predicted molar refractivity (Wildman–Crippen MR) is 56.6 cm³/mol. The zero-order valence-corrected chi connectivity index (χ0v) is 7.57. The fourth-order valence-electron chi connectivity index (χ4n) is 0.946. The van der Waals surface area contributed by atoms with Gasteiger partial charge in [0, 0.05) is 18.0 Å². The monoisotopic (exact) mass is 169 g/mol. The van der Waals surface area contributed by atoms with Crippen molar-refractivity contribution in [2.45, 2.75) is 6.92 Å². The van der Waals surface area contributed by atoms with Crippen LogP contribution in [0.3, 0.4) is 0 Å². The SMILES string of the molecule is C#C/C=C\N=C(C)c1ccccc1. The molecule has 0 radical (unpaired) electrons. The van der Waals surface area contributed by atoms with Crippen LogP contribution >= 0.6 is 0 Å². The van der Waals surface area contributed by atoms with Crippen LogP contribution in [0, 0.1) is 12.3 Å². The molecule has 0 bridgehead atoms. The van der Waals surface area contributed by atoms with E-state index in [1.54, 1.807) is 12.3 Å². The van der Waals surface area contributed by atoms with Crippen LogP contribution in [0.15, 0.2) is 47.6 Å². The summed E-state index contributed by atoms with van der Waals surface area (Å²) in [5.41, 5.74) is 2.08. The summed E-state index contributed by atoms with van der Waals surface area (Å²) in [6, 6.07) is 9.98. The number of allylic oxidation sites excluding steroid dienone is 1. The fourth-order valence-corrected chi connectivity index (χ4v) is 0.946. The number of rotatable bonds is 2. The molecule has 1 rings (SSSR count). The number of terminal acetylenes is 1. The van der Waals surface area contributed by atoms with Gasteiger partial charge in [-0.25, -0.2) is 0 Å². The molecule has 0 unspecified atom stereocenters. The molecule has 13 heavy (non-hydrogen) atoms. The maximum Gasteiger partial charge on any atom is 0.0445 e. The molecule has 0 N–H and O–H groups in total. The average Bonchev–Trinajstić information content (AvgIpc) is 2.19. The van der Waals surface area contributed by atoms with Gasteiger partial charge >= 0.3 is 0 Å². The normalized spacial score (nSPS) is 11.5. The molecule has 1 aromatic carbocycles. The van der Waals surface area contributed by atoms with E-state index in [4.69, 9.17) is 6.42 Å². The Morgan fingerprint density at radius 1 is 1.38 bits per heavy atom. The highest BCUT2D eigenvalue weighted by Gasteiger charge is 1.91. The van der Waals surface area contributed by atoms with E-state index in [1.807, 2.05) is 37.3 Å². The summed E-state index contributed by atoms with van der Waals surface area (Å²) in [6.07, 6.45) is 8.25. The summed E-state index contributed by atoms with van der Waals surface area (Å²) in [6.45, 7) is 1.95. The van der Waals surface area contributed by atoms with Crippen LogP contribution in [0.25, 0.3) is 0 Å². The molecule has 0 atom stereocenters. The number of nitrogens with zero attached hydrogens (tertiary/aromatic N) is 1. The second-order valence-corrected chi connectivity index (χ2v) is 2.56. The zero-order chi connectivity index (χ0) is 9.52. The van der Waals surface area contributed by atoms with Gasteiger partial charge in [0.15, 0.2) is 0 Å². The van der Waals surface area contributed by atoms with Crippen LogP contribution in [0.2, 0.25) is 0 Å². The highest BCUT2D eigenvalue weighted by atomic mass is 14.7. The first-order valence-electron chi connectivity index (χ1n) is 4.05. The van der Waals surface area contributed by atoms with Crippen LogP contribution in [-0.4, -0.2) is 5.71 Å². The van der Waals surface area contributed by atoms with Crippen molar-refractivity contribution >= 4 is 5.71 Å². The Labute approximate surface area is 78.8 Å². The molecule has 0 saturated heterocycles. The third-order valence-corrected chi connectivity index (χ3v) is 1.63. The fraction of sp³-hybridized carbons (Fsp3) is 0.0833. The summed E-state index contributed by atoms with van der Waals surface area (Å²) in [7, 11) is 0. The van der Waals surface area contributed by atoms with Gasteiger partial charge in [-0.3, -0.25) is 4.99 Å². The molecule has 0 aliphatic rings. The Kier molecular flexibility index (Phi) is 3.53. The predicted octanol–water partition coefficient (Wildman–Crippen LogP) is 2.64. The number of aliphatic imine (C=N–C) groups is 1. The summed E-state index contributed by atoms with van der Waals surface area (Å²) >= 11 is 0. The standard InChI is InChI=1S/C12H11N/c1-3-4-10-13-11(2)12-8-6-5-7-9-12/h1,4-10H,2H3/b10-4-,13-11?. The summed E-state index contributed by atoms with van der Waals surface area (Å²) in [5, 5.41) is 0. The van der Waals surface area contributed by atoms with Crippen molar-refractivity contribution in [3.63, 3.8) is 0 Å². The van der Waals surface area contributed by atoms with E-state index < -0.39 is 0 Å². The van der Waals surface area contributed by atoms with Gasteiger partial charge in [-0.1, -0.05) is 36.3 Å². The van der Waals surface area contributed by atoms with Crippen LogP contribution in [0.5, 0.6) is 0 Å². The number of benzene rings is 1. The van der Waals surface area contributed by atoms with Crippen LogP contribution in [0.4, 0.5) is 0 Å². The van der Waals surface area contributed by atoms with Crippen molar-refractivity contribution in [3.8, 4) is 12.3 Å². The van der Waals surface area contributed by atoms with E-state index in [0.717, 1.165) is 11.3 Å². The van der Waals surface area contributed by atoms with Gasteiger partial charge in [0.1, 0.15) is 0 Å². The van der Waals surface area contributed by atoms with Crippen molar-refractivity contribution in [3.05, 3.63) is 48.2 Å². The molecule has 0 heterocycles. The van der Waals surface area contributed by atoms with E-state index in [9.17, 15) is 0 Å². The van der Waals surface area contributed by atoms with E-state index in [0.29, 0.717) is 0 Å². The molecule has 1 aromatic rings. The largest absolute Gasteiger partial charge is 0.260 e. The van der Waals surface area contributed by atoms with Crippen LogP contribution < -0.4 is 0 Å². The first-order chi connectivity index (χ1) is 6.34. The Bertz CT molecular complexity index is 352.